The fourth-order valence-electron chi connectivity index (χ4n) is 3.40. The van der Waals surface area contributed by atoms with E-state index in [4.69, 9.17) is 4.74 Å². The molecule has 2 unspecified atom stereocenters. The van der Waals surface area contributed by atoms with Crippen molar-refractivity contribution in [1.82, 2.24) is 15.5 Å². The number of carbonyl (C=O) groups is 3. The van der Waals surface area contributed by atoms with Crippen molar-refractivity contribution in [1.29, 1.82) is 5.26 Å². The molecule has 1 aromatic rings. The Kier molecular flexibility index (Phi) is 11.9. The summed E-state index contributed by atoms with van der Waals surface area (Å²) in [5.41, 5.74) is 1.62. The molecule has 3 amide bonds. The molecule has 0 aliphatic heterocycles. The Morgan fingerprint density at radius 1 is 1.21 bits per heavy atom. The molecule has 1 aromatic carbocycles. The number of benzene rings is 1. The van der Waals surface area contributed by atoms with Crippen LogP contribution >= 0.6 is 12.6 Å². The van der Waals surface area contributed by atoms with Gasteiger partial charge in [-0.1, -0.05) is 43.5 Å². The number of rotatable bonds is 11. The van der Waals surface area contributed by atoms with E-state index in [9.17, 15) is 19.6 Å². The maximum absolute atomic E-state index is 13.5. The number of carbonyl (C=O) groups excluding carboxylic acids is 3. The van der Waals surface area contributed by atoms with Crippen molar-refractivity contribution in [3.63, 3.8) is 0 Å². The van der Waals surface area contributed by atoms with E-state index in [1.807, 2.05) is 38.1 Å². The molecule has 0 heterocycles. The quantitative estimate of drug-likeness (QED) is 0.248. The van der Waals surface area contributed by atoms with E-state index in [2.05, 4.69) is 30.2 Å². The number of ether oxygens (including phenoxy) is 1. The average molecular weight is 491 g/mol. The molecule has 1 rings (SSSR count). The van der Waals surface area contributed by atoms with Gasteiger partial charge in [-0.25, -0.2) is 4.79 Å². The van der Waals surface area contributed by atoms with E-state index in [-0.39, 0.29) is 18.2 Å². The Labute approximate surface area is 208 Å². The first kappa shape index (κ1) is 29.3. The number of nitrogens with zero attached hydrogens (tertiary/aromatic N) is 2. The number of unbranched alkanes of at least 4 members (excludes halogenated alkanes) is 2. The van der Waals surface area contributed by atoms with Crippen molar-refractivity contribution in [2.75, 3.05) is 18.8 Å². The summed E-state index contributed by atoms with van der Waals surface area (Å²) < 4.78 is 5.26. The third kappa shape index (κ3) is 9.26. The van der Waals surface area contributed by atoms with E-state index in [1.54, 1.807) is 20.8 Å². The Balaban J connectivity index is 3.34. The van der Waals surface area contributed by atoms with Crippen LogP contribution in [0.3, 0.4) is 0 Å². The van der Waals surface area contributed by atoms with Crippen LogP contribution in [0.4, 0.5) is 4.79 Å². The zero-order valence-electron chi connectivity index (χ0n) is 21.1. The number of hydrogen-bond donors (Lipinski definition) is 3. The highest BCUT2D eigenvalue weighted by Crippen LogP contribution is 2.26. The summed E-state index contributed by atoms with van der Waals surface area (Å²) in [5, 5.41) is 15.0. The van der Waals surface area contributed by atoms with Crippen molar-refractivity contribution in [2.45, 2.75) is 78.5 Å². The molecule has 0 aromatic heterocycles. The first-order chi connectivity index (χ1) is 15.9. The molecule has 34 heavy (non-hydrogen) atoms. The van der Waals surface area contributed by atoms with E-state index in [1.165, 1.54) is 4.90 Å². The van der Waals surface area contributed by atoms with Crippen molar-refractivity contribution < 1.29 is 19.1 Å². The monoisotopic (exact) mass is 490 g/mol. The molecule has 0 radical (unpaired) electrons. The molecule has 0 aliphatic rings. The van der Waals surface area contributed by atoms with Gasteiger partial charge in [0.05, 0.1) is 6.07 Å². The summed E-state index contributed by atoms with van der Waals surface area (Å²) in [7, 11) is 0. The van der Waals surface area contributed by atoms with Crippen molar-refractivity contribution in [2.24, 2.45) is 0 Å². The van der Waals surface area contributed by atoms with Gasteiger partial charge < -0.3 is 20.3 Å². The molecule has 0 aliphatic carbocycles. The van der Waals surface area contributed by atoms with Crippen LogP contribution in [0.1, 0.15) is 69.7 Å². The molecule has 0 saturated heterocycles. The highest BCUT2D eigenvalue weighted by Gasteiger charge is 2.36. The summed E-state index contributed by atoms with van der Waals surface area (Å²) in [6.45, 7) is 11.1. The van der Waals surface area contributed by atoms with E-state index >= 15 is 0 Å². The molecule has 0 saturated carbocycles. The molecule has 8 nitrogen and oxygen atoms in total. The standard InChI is InChI=1S/C25H38N4O4S/c1-7-8-9-13-27-22(30)21(19-15-17(2)10-11-18(19)3)29(14-12-26)23(31)20(16-34)28-24(32)33-25(4,5)6/h10-11,15,20-21,34H,7-9,13-14,16H2,1-6H3,(H,27,30)(H,28,32). The molecular formula is C25H38N4O4S. The van der Waals surface area contributed by atoms with Gasteiger partial charge in [-0.3, -0.25) is 9.59 Å². The van der Waals surface area contributed by atoms with Crippen LogP contribution in [0.25, 0.3) is 0 Å². The third-order valence-corrected chi connectivity index (χ3v) is 5.43. The summed E-state index contributed by atoms with van der Waals surface area (Å²) >= 11 is 4.23. The van der Waals surface area contributed by atoms with Crippen LogP contribution in [0.15, 0.2) is 18.2 Å². The minimum absolute atomic E-state index is 0.0301. The predicted octanol–water partition coefficient (Wildman–Crippen LogP) is 3.83. The summed E-state index contributed by atoms with van der Waals surface area (Å²) in [5.74, 6) is -0.988. The van der Waals surface area contributed by atoms with Crippen LogP contribution < -0.4 is 10.6 Å². The Morgan fingerprint density at radius 2 is 1.88 bits per heavy atom. The number of nitrogens with one attached hydrogen (secondary N) is 2. The Morgan fingerprint density at radius 3 is 2.44 bits per heavy atom. The molecule has 0 fully saturated rings. The summed E-state index contributed by atoms with van der Waals surface area (Å²) in [6, 6.07) is 5.53. The van der Waals surface area contributed by atoms with Crippen LogP contribution in [0.2, 0.25) is 0 Å². The SMILES string of the molecule is CCCCCNC(=O)C(c1cc(C)ccc1C)N(CC#N)C(=O)C(CS)NC(=O)OC(C)(C)C. The van der Waals surface area contributed by atoms with Crippen molar-refractivity contribution >= 4 is 30.5 Å². The van der Waals surface area contributed by atoms with E-state index in [0.717, 1.165) is 30.4 Å². The number of alkyl carbamates (subject to hydrolysis) is 1. The number of hydrogen-bond acceptors (Lipinski definition) is 6. The largest absolute Gasteiger partial charge is 0.444 e. The number of thiol groups is 1. The van der Waals surface area contributed by atoms with E-state index in [0.29, 0.717) is 12.1 Å². The van der Waals surface area contributed by atoms with Crippen molar-refractivity contribution in [3.8, 4) is 6.07 Å². The average Bonchev–Trinajstić information content (AvgIpc) is 2.75. The Bertz CT molecular complexity index is 892. The van der Waals surface area contributed by atoms with Gasteiger partial charge in [-0.05, 0) is 52.2 Å². The topological polar surface area (TPSA) is 112 Å². The molecule has 2 atom stereocenters. The second-order valence-corrected chi connectivity index (χ2v) is 9.63. The van der Waals surface area contributed by atoms with Gasteiger partial charge in [0.25, 0.3) is 0 Å². The summed E-state index contributed by atoms with van der Waals surface area (Å²) in [4.78, 5) is 40.4. The lowest BCUT2D eigenvalue weighted by molar-refractivity contribution is -0.141. The zero-order chi connectivity index (χ0) is 25.9. The first-order valence-electron chi connectivity index (χ1n) is 11.6. The van der Waals surface area contributed by atoms with Crippen LogP contribution in [0, 0.1) is 25.2 Å². The number of amides is 3. The lowest BCUT2D eigenvalue weighted by Crippen LogP contribution is -2.54. The van der Waals surface area contributed by atoms with Gasteiger partial charge >= 0.3 is 6.09 Å². The second-order valence-electron chi connectivity index (χ2n) is 9.27. The third-order valence-electron chi connectivity index (χ3n) is 5.06. The molecule has 2 N–H and O–H groups in total. The fraction of sp³-hybridized carbons (Fsp3) is 0.600. The maximum Gasteiger partial charge on any atom is 0.408 e. The highest BCUT2D eigenvalue weighted by atomic mass is 32.1. The second kappa shape index (κ2) is 13.9. The number of nitriles is 1. The van der Waals surface area contributed by atoms with Crippen LogP contribution in [-0.2, 0) is 14.3 Å². The lowest BCUT2D eigenvalue weighted by Gasteiger charge is -2.33. The van der Waals surface area contributed by atoms with Crippen LogP contribution in [-0.4, -0.2) is 53.3 Å². The van der Waals surface area contributed by atoms with Gasteiger partial charge in [0.2, 0.25) is 11.8 Å². The molecule has 0 bridgehead atoms. The fourth-order valence-corrected chi connectivity index (χ4v) is 3.64. The van der Waals surface area contributed by atoms with Gasteiger partial charge in [-0.2, -0.15) is 17.9 Å². The number of aryl methyl sites for hydroxylation is 2. The van der Waals surface area contributed by atoms with E-state index < -0.39 is 29.7 Å². The van der Waals surface area contributed by atoms with Gasteiger partial charge in [0.1, 0.15) is 24.2 Å². The van der Waals surface area contributed by atoms with Gasteiger partial charge in [-0.15, -0.1) is 0 Å². The van der Waals surface area contributed by atoms with Crippen molar-refractivity contribution in [3.05, 3.63) is 34.9 Å². The molecule has 9 heteroatoms. The van der Waals surface area contributed by atoms with Gasteiger partial charge in [0, 0.05) is 12.3 Å². The minimum atomic E-state index is -1.08. The predicted molar refractivity (Wildman–Crippen MR) is 136 cm³/mol. The van der Waals surface area contributed by atoms with Gasteiger partial charge in [0.15, 0.2) is 0 Å². The maximum atomic E-state index is 13.5. The normalized spacial score (nSPS) is 12.8. The van der Waals surface area contributed by atoms with Crippen LogP contribution in [0.5, 0.6) is 0 Å². The summed E-state index contributed by atoms with van der Waals surface area (Å²) in [6.07, 6.45) is 2.02. The highest BCUT2D eigenvalue weighted by molar-refractivity contribution is 7.80. The Hall–Kier alpha value is -2.73. The molecular weight excluding hydrogens is 452 g/mol. The lowest BCUT2D eigenvalue weighted by atomic mass is 9.96. The zero-order valence-corrected chi connectivity index (χ0v) is 22.0. The first-order valence-corrected chi connectivity index (χ1v) is 12.2. The minimum Gasteiger partial charge on any atom is -0.444 e. The smallest absolute Gasteiger partial charge is 0.408 e. The molecule has 0 spiro atoms. The molecule has 188 valence electrons.